The van der Waals surface area contributed by atoms with Crippen LogP contribution in [0.3, 0.4) is 0 Å². The second-order valence-electron chi connectivity index (χ2n) is 5.07. The zero-order valence-corrected chi connectivity index (χ0v) is 12.6. The monoisotopic (exact) mass is 280 g/mol. The van der Waals surface area contributed by atoms with Crippen LogP contribution in [0, 0.1) is 0 Å². The first-order chi connectivity index (χ1) is 9.22. The van der Waals surface area contributed by atoms with Gasteiger partial charge in [0.1, 0.15) is 0 Å². The molecule has 3 nitrogen and oxygen atoms in total. The van der Waals surface area contributed by atoms with Crippen molar-refractivity contribution >= 4 is 23.1 Å². The average Bonchev–Trinajstić information content (AvgIpc) is 2.82. The highest BCUT2D eigenvalue weighted by Gasteiger charge is 2.21. The van der Waals surface area contributed by atoms with Crippen LogP contribution >= 0.6 is 11.8 Å². The average molecular weight is 280 g/mol. The Balaban J connectivity index is 1.94. The van der Waals surface area contributed by atoms with Gasteiger partial charge in [-0.1, -0.05) is 6.92 Å². The van der Waals surface area contributed by atoms with Gasteiger partial charge in [0.05, 0.1) is 6.61 Å². The summed E-state index contributed by atoms with van der Waals surface area (Å²) < 4.78 is 0. The van der Waals surface area contributed by atoms with Crippen LogP contribution in [0.2, 0.25) is 0 Å². The Kier molecular flexibility index (Phi) is 5.40. The number of anilines is 2. The number of hydrogen-bond acceptors (Lipinski definition) is 4. The number of rotatable bonds is 6. The zero-order valence-electron chi connectivity index (χ0n) is 11.8. The molecule has 106 valence electrons. The van der Waals surface area contributed by atoms with E-state index >= 15 is 0 Å². The lowest BCUT2D eigenvalue weighted by Gasteiger charge is -2.22. The van der Waals surface area contributed by atoms with E-state index in [9.17, 15) is 0 Å². The Morgan fingerprint density at radius 2 is 2.11 bits per heavy atom. The molecular weight excluding hydrogens is 256 g/mol. The smallest absolute Gasteiger partial charge is 0.0606 e. The van der Waals surface area contributed by atoms with Crippen molar-refractivity contribution in [3.63, 3.8) is 0 Å². The Labute approximate surface area is 120 Å². The molecule has 1 aromatic rings. The van der Waals surface area contributed by atoms with Crippen molar-refractivity contribution in [2.24, 2.45) is 0 Å². The van der Waals surface area contributed by atoms with Crippen molar-refractivity contribution in [2.45, 2.75) is 31.6 Å². The van der Waals surface area contributed by atoms with Gasteiger partial charge in [-0.2, -0.15) is 11.8 Å². The number of hydrogen-bond donors (Lipinski definition) is 2. The fourth-order valence-electron chi connectivity index (χ4n) is 2.51. The summed E-state index contributed by atoms with van der Waals surface area (Å²) in [5.74, 6) is 1.20. The highest BCUT2D eigenvalue weighted by molar-refractivity contribution is 8.00. The molecule has 2 N–H and O–H groups in total. The SMILES string of the molecule is CCN(CCO)c1ccc(NC2CSC(C)C2)cc1. The van der Waals surface area contributed by atoms with Crippen LogP contribution in [-0.4, -0.2) is 41.8 Å². The lowest BCUT2D eigenvalue weighted by molar-refractivity contribution is 0.302. The molecule has 0 amide bonds. The summed E-state index contributed by atoms with van der Waals surface area (Å²) in [6.07, 6.45) is 1.25. The molecule has 1 aliphatic rings. The van der Waals surface area contributed by atoms with Crippen LogP contribution in [0.5, 0.6) is 0 Å². The number of thioether (sulfide) groups is 1. The maximum atomic E-state index is 9.04. The lowest BCUT2D eigenvalue weighted by atomic mass is 10.2. The lowest BCUT2D eigenvalue weighted by Crippen LogP contribution is -2.26. The number of likely N-dealkylation sites (N-methyl/N-ethyl adjacent to an activating group) is 1. The highest BCUT2D eigenvalue weighted by Crippen LogP contribution is 2.28. The van der Waals surface area contributed by atoms with E-state index in [0.29, 0.717) is 12.6 Å². The fraction of sp³-hybridized carbons (Fsp3) is 0.600. The summed E-state index contributed by atoms with van der Waals surface area (Å²) in [7, 11) is 0. The predicted molar refractivity (Wildman–Crippen MR) is 85.4 cm³/mol. The van der Waals surface area contributed by atoms with E-state index in [1.165, 1.54) is 23.5 Å². The molecule has 2 unspecified atom stereocenters. The summed E-state index contributed by atoms with van der Waals surface area (Å²) in [5.41, 5.74) is 2.37. The maximum absolute atomic E-state index is 9.04. The minimum Gasteiger partial charge on any atom is -0.395 e. The van der Waals surface area contributed by atoms with Gasteiger partial charge in [-0.3, -0.25) is 0 Å². The van der Waals surface area contributed by atoms with E-state index in [2.05, 4.69) is 48.3 Å². The van der Waals surface area contributed by atoms with Crippen LogP contribution < -0.4 is 10.2 Å². The third-order valence-electron chi connectivity index (χ3n) is 3.55. The predicted octanol–water partition coefficient (Wildman–Crippen LogP) is 2.81. The zero-order chi connectivity index (χ0) is 13.7. The second-order valence-corrected chi connectivity index (χ2v) is 6.54. The summed E-state index contributed by atoms with van der Waals surface area (Å²) >= 11 is 2.04. The molecular formula is C15H24N2OS. The second kappa shape index (κ2) is 7.06. The molecule has 2 atom stereocenters. The van der Waals surface area contributed by atoms with E-state index in [4.69, 9.17) is 5.11 Å². The van der Waals surface area contributed by atoms with Crippen molar-refractivity contribution in [2.75, 3.05) is 35.7 Å². The van der Waals surface area contributed by atoms with Crippen molar-refractivity contribution in [1.82, 2.24) is 0 Å². The third-order valence-corrected chi connectivity index (χ3v) is 4.91. The van der Waals surface area contributed by atoms with Gasteiger partial charge in [-0.05, 0) is 37.6 Å². The van der Waals surface area contributed by atoms with Crippen LogP contribution in [0.25, 0.3) is 0 Å². The van der Waals surface area contributed by atoms with Gasteiger partial charge in [-0.15, -0.1) is 0 Å². The molecule has 1 aromatic carbocycles. The van der Waals surface area contributed by atoms with Crippen LogP contribution in [0.4, 0.5) is 11.4 Å². The molecule has 1 aliphatic heterocycles. The minimum atomic E-state index is 0.199. The molecule has 0 saturated carbocycles. The topological polar surface area (TPSA) is 35.5 Å². The van der Waals surface area contributed by atoms with Crippen molar-refractivity contribution in [3.05, 3.63) is 24.3 Å². The van der Waals surface area contributed by atoms with Gasteiger partial charge in [0, 0.05) is 41.5 Å². The first kappa shape index (κ1) is 14.5. The van der Waals surface area contributed by atoms with Crippen LogP contribution in [0.1, 0.15) is 20.3 Å². The standard InChI is InChI=1S/C15H24N2OS/c1-3-17(8-9-18)15-6-4-13(5-7-15)16-14-10-12(2)19-11-14/h4-7,12,14,16,18H,3,8-11H2,1-2H3. The van der Waals surface area contributed by atoms with E-state index < -0.39 is 0 Å². The van der Waals surface area contributed by atoms with Gasteiger partial charge in [0.25, 0.3) is 0 Å². The number of aliphatic hydroxyl groups is 1. The van der Waals surface area contributed by atoms with Gasteiger partial charge >= 0.3 is 0 Å². The Morgan fingerprint density at radius 1 is 1.37 bits per heavy atom. The molecule has 19 heavy (non-hydrogen) atoms. The number of aliphatic hydroxyl groups excluding tert-OH is 1. The van der Waals surface area contributed by atoms with E-state index in [-0.39, 0.29) is 6.61 Å². The minimum absolute atomic E-state index is 0.199. The maximum Gasteiger partial charge on any atom is 0.0606 e. The van der Waals surface area contributed by atoms with Gasteiger partial charge in [0.2, 0.25) is 0 Å². The molecule has 1 saturated heterocycles. The highest BCUT2D eigenvalue weighted by atomic mass is 32.2. The van der Waals surface area contributed by atoms with Crippen molar-refractivity contribution < 1.29 is 5.11 Å². The molecule has 0 bridgehead atoms. The fourth-order valence-corrected chi connectivity index (χ4v) is 3.66. The Bertz CT molecular complexity index is 382. The van der Waals surface area contributed by atoms with Crippen molar-refractivity contribution in [3.8, 4) is 0 Å². The number of nitrogens with one attached hydrogen (secondary N) is 1. The summed E-state index contributed by atoms with van der Waals surface area (Å²) in [6.45, 7) is 6.22. The molecule has 2 rings (SSSR count). The van der Waals surface area contributed by atoms with Crippen LogP contribution in [0.15, 0.2) is 24.3 Å². The Morgan fingerprint density at radius 3 is 2.63 bits per heavy atom. The van der Waals surface area contributed by atoms with Crippen molar-refractivity contribution in [1.29, 1.82) is 0 Å². The van der Waals surface area contributed by atoms with Gasteiger partial charge < -0.3 is 15.3 Å². The first-order valence-electron chi connectivity index (χ1n) is 7.07. The normalized spacial score (nSPS) is 22.5. The summed E-state index contributed by atoms with van der Waals surface area (Å²) in [5, 5.41) is 13.4. The van der Waals surface area contributed by atoms with E-state index in [1.54, 1.807) is 0 Å². The molecule has 0 radical (unpaired) electrons. The number of nitrogens with zero attached hydrogens (tertiary/aromatic N) is 1. The van der Waals surface area contributed by atoms with Gasteiger partial charge in [-0.25, -0.2) is 0 Å². The largest absolute Gasteiger partial charge is 0.395 e. The van der Waals surface area contributed by atoms with Crippen LogP contribution in [-0.2, 0) is 0 Å². The summed E-state index contributed by atoms with van der Waals surface area (Å²) in [4.78, 5) is 2.18. The third kappa shape index (κ3) is 4.05. The molecule has 4 heteroatoms. The Hall–Kier alpha value is -0.870. The van der Waals surface area contributed by atoms with E-state index in [1.807, 2.05) is 11.8 Å². The molecule has 0 aromatic heterocycles. The quantitative estimate of drug-likeness (QED) is 0.840. The van der Waals surface area contributed by atoms with E-state index in [0.717, 1.165) is 11.8 Å². The first-order valence-corrected chi connectivity index (χ1v) is 8.11. The summed E-state index contributed by atoms with van der Waals surface area (Å²) in [6, 6.07) is 9.15. The molecule has 1 fully saturated rings. The number of benzene rings is 1. The molecule has 0 spiro atoms. The molecule has 1 heterocycles. The van der Waals surface area contributed by atoms with Gasteiger partial charge in [0.15, 0.2) is 0 Å². The molecule has 0 aliphatic carbocycles.